The van der Waals surface area contributed by atoms with Gasteiger partial charge in [0.1, 0.15) is 6.29 Å². The van der Waals surface area contributed by atoms with Crippen LogP contribution in [0.1, 0.15) is 55.7 Å². The number of aromatic nitrogens is 2. The molecule has 2 aliphatic rings. The number of aryl methyl sites for hydroxylation is 1. The van der Waals surface area contributed by atoms with Gasteiger partial charge < -0.3 is 9.69 Å². The molecule has 0 radical (unpaired) electrons. The average molecular weight is 400 g/mol. The minimum Gasteiger partial charge on any atom is -0.371 e. The van der Waals surface area contributed by atoms with Crippen LogP contribution in [0.4, 0.5) is 5.69 Å². The fraction of sp³-hybridized carbons (Fsp3) is 0.385. The zero-order valence-corrected chi connectivity index (χ0v) is 17.7. The van der Waals surface area contributed by atoms with Gasteiger partial charge in [-0.05, 0) is 79.0 Å². The topological polar surface area (TPSA) is 49.0 Å². The maximum absolute atomic E-state index is 11.0. The number of carbonyl (C=O) groups excluding carboxylic acids is 1. The molecule has 0 unspecified atom stereocenters. The van der Waals surface area contributed by atoms with E-state index in [9.17, 15) is 4.79 Å². The zero-order chi connectivity index (χ0) is 20.5. The highest BCUT2D eigenvalue weighted by molar-refractivity contribution is 5.93. The summed E-state index contributed by atoms with van der Waals surface area (Å²) in [5, 5.41) is 8.67. The maximum Gasteiger partial charge on any atom is 0.123 e. The van der Waals surface area contributed by atoms with Gasteiger partial charge in [0.05, 0.1) is 11.7 Å². The van der Waals surface area contributed by atoms with E-state index >= 15 is 0 Å². The minimum atomic E-state index is 0.236. The van der Waals surface area contributed by atoms with Gasteiger partial charge in [0.25, 0.3) is 0 Å². The summed E-state index contributed by atoms with van der Waals surface area (Å²) in [5.74, 6) is 0.236. The van der Waals surface area contributed by atoms with Crippen LogP contribution in [0.2, 0.25) is 0 Å². The standard InChI is InChI=1S/C26H29N3O/c1-2-19-4-3-5-22-23(10-11-25-24(22)16-27-28-25)26(19)20-6-8-21(9-7-20)29-14-12-18(17-30)13-15-29/h6-11,16-18H,2-5,12-15H2,1H3,(H,27,28). The van der Waals surface area contributed by atoms with Crippen LogP contribution in [0, 0.1) is 5.92 Å². The second kappa shape index (κ2) is 8.10. The monoisotopic (exact) mass is 399 g/mol. The largest absolute Gasteiger partial charge is 0.371 e. The van der Waals surface area contributed by atoms with Gasteiger partial charge in [-0.1, -0.05) is 30.7 Å². The molecular formula is C26H29N3O. The summed E-state index contributed by atoms with van der Waals surface area (Å²) in [6.45, 7) is 4.21. The fourth-order valence-electron chi connectivity index (χ4n) is 5.22. The van der Waals surface area contributed by atoms with E-state index in [1.807, 2.05) is 6.20 Å². The van der Waals surface area contributed by atoms with E-state index in [0.29, 0.717) is 0 Å². The van der Waals surface area contributed by atoms with Gasteiger partial charge in [-0.25, -0.2) is 0 Å². The number of nitrogens with one attached hydrogen (secondary N) is 1. The Labute approximate surface area is 178 Å². The van der Waals surface area contributed by atoms with Crippen LogP contribution in [0.15, 0.2) is 48.2 Å². The molecule has 0 amide bonds. The van der Waals surface area contributed by atoms with E-state index in [2.05, 4.69) is 58.4 Å². The molecule has 3 aromatic rings. The Kier molecular flexibility index (Phi) is 5.16. The third-order valence-corrected chi connectivity index (χ3v) is 6.94. The lowest BCUT2D eigenvalue weighted by Crippen LogP contribution is -2.34. The molecular weight excluding hydrogens is 370 g/mol. The van der Waals surface area contributed by atoms with Gasteiger partial charge in [0.2, 0.25) is 0 Å². The van der Waals surface area contributed by atoms with Crippen molar-refractivity contribution in [2.24, 2.45) is 5.92 Å². The Morgan fingerprint density at radius 1 is 1.10 bits per heavy atom. The maximum atomic E-state index is 11.0. The third-order valence-electron chi connectivity index (χ3n) is 6.94. The number of nitrogens with zero attached hydrogens (tertiary/aromatic N) is 2. The SMILES string of the molecule is CCC1=C(c2ccc(N3CCC(C=O)CC3)cc2)c2ccc3[nH]ncc3c2CCC1. The molecule has 30 heavy (non-hydrogen) atoms. The molecule has 4 heteroatoms. The van der Waals surface area contributed by atoms with E-state index in [4.69, 9.17) is 0 Å². The number of benzene rings is 2. The number of rotatable bonds is 4. The molecule has 1 N–H and O–H groups in total. The van der Waals surface area contributed by atoms with Crippen molar-refractivity contribution in [2.45, 2.75) is 45.4 Å². The number of piperidine rings is 1. The van der Waals surface area contributed by atoms with Gasteiger partial charge >= 0.3 is 0 Å². The van der Waals surface area contributed by atoms with Crippen molar-refractivity contribution >= 4 is 28.4 Å². The first-order chi connectivity index (χ1) is 14.8. The second-order valence-electron chi connectivity index (χ2n) is 8.62. The molecule has 154 valence electrons. The zero-order valence-electron chi connectivity index (χ0n) is 17.7. The van der Waals surface area contributed by atoms with Crippen molar-refractivity contribution in [3.05, 3.63) is 64.9 Å². The summed E-state index contributed by atoms with van der Waals surface area (Å²) < 4.78 is 0. The molecule has 1 saturated heterocycles. The molecule has 1 fully saturated rings. The molecule has 1 aromatic heterocycles. The summed E-state index contributed by atoms with van der Waals surface area (Å²) in [4.78, 5) is 13.5. The van der Waals surface area contributed by atoms with Gasteiger partial charge in [-0.2, -0.15) is 5.10 Å². The molecule has 0 spiro atoms. The normalized spacial score (nSPS) is 17.8. The van der Waals surface area contributed by atoms with Crippen LogP contribution < -0.4 is 4.90 Å². The Bertz CT molecular complexity index is 1090. The number of hydrogen-bond donors (Lipinski definition) is 1. The average Bonchev–Trinajstić information content (AvgIpc) is 3.20. The van der Waals surface area contributed by atoms with Crippen LogP contribution in [-0.2, 0) is 11.2 Å². The molecule has 2 heterocycles. The molecule has 0 saturated carbocycles. The number of fused-ring (bicyclic) bond motifs is 3. The van der Waals surface area contributed by atoms with Crippen molar-refractivity contribution in [3.8, 4) is 0 Å². The number of H-pyrrole nitrogens is 1. The van der Waals surface area contributed by atoms with E-state index in [1.165, 1.54) is 39.8 Å². The number of carbonyl (C=O) groups is 1. The van der Waals surface area contributed by atoms with Crippen molar-refractivity contribution in [1.82, 2.24) is 10.2 Å². The number of aromatic amines is 1. The van der Waals surface area contributed by atoms with Gasteiger partial charge in [-0.15, -0.1) is 0 Å². The van der Waals surface area contributed by atoms with E-state index in [1.54, 1.807) is 5.57 Å². The summed E-state index contributed by atoms with van der Waals surface area (Å²) in [7, 11) is 0. The molecule has 2 aromatic carbocycles. The number of hydrogen-bond acceptors (Lipinski definition) is 3. The summed E-state index contributed by atoms with van der Waals surface area (Å²) in [6.07, 6.45) is 9.56. The van der Waals surface area contributed by atoms with Crippen LogP contribution in [0.25, 0.3) is 16.5 Å². The Balaban J connectivity index is 1.52. The number of anilines is 1. The van der Waals surface area contributed by atoms with Crippen LogP contribution >= 0.6 is 0 Å². The smallest absolute Gasteiger partial charge is 0.123 e. The number of allylic oxidation sites excluding steroid dienone is 1. The van der Waals surface area contributed by atoms with E-state index in [-0.39, 0.29) is 5.92 Å². The highest BCUT2D eigenvalue weighted by Crippen LogP contribution is 2.39. The first kappa shape index (κ1) is 19.1. The second-order valence-corrected chi connectivity index (χ2v) is 8.62. The fourth-order valence-corrected chi connectivity index (χ4v) is 5.22. The van der Waals surface area contributed by atoms with E-state index < -0.39 is 0 Å². The molecule has 0 atom stereocenters. The summed E-state index contributed by atoms with van der Waals surface area (Å²) >= 11 is 0. The third kappa shape index (κ3) is 3.34. The van der Waals surface area contributed by atoms with Crippen LogP contribution in [0.5, 0.6) is 0 Å². The molecule has 1 aliphatic heterocycles. The molecule has 0 bridgehead atoms. The molecule has 1 aliphatic carbocycles. The van der Waals surface area contributed by atoms with Gasteiger partial charge in [0, 0.05) is 30.1 Å². The first-order valence-corrected chi connectivity index (χ1v) is 11.3. The quantitative estimate of drug-likeness (QED) is 0.587. The van der Waals surface area contributed by atoms with Crippen molar-refractivity contribution in [3.63, 3.8) is 0 Å². The van der Waals surface area contributed by atoms with Crippen LogP contribution in [0.3, 0.4) is 0 Å². The van der Waals surface area contributed by atoms with Crippen LogP contribution in [-0.4, -0.2) is 29.6 Å². The Morgan fingerprint density at radius 2 is 1.90 bits per heavy atom. The predicted molar refractivity (Wildman–Crippen MR) is 123 cm³/mol. The lowest BCUT2D eigenvalue weighted by Gasteiger charge is -2.31. The minimum absolute atomic E-state index is 0.236. The van der Waals surface area contributed by atoms with Crippen molar-refractivity contribution in [1.29, 1.82) is 0 Å². The molecule has 4 nitrogen and oxygen atoms in total. The van der Waals surface area contributed by atoms with E-state index in [0.717, 1.165) is 57.0 Å². The number of aldehydes is 1. The summed E-state index contributed by atoms with van der Waals surface area (Å²) in [6, 6.07) is 13.6. The lowest BCUT2D eigenvalue weighted by molar-refractivity contribution is -0.111. The molecule has 5 rings (SSSR count). The Hall–Kier alpha value is -2.88. The Morgan fingerprint density at radius 3 is 2.63 bits per heavy atom. The van der Waals surface area contributed by atoms with Gasteiger partial charge in [-0.3, -0.25) is 5.10 Å². The van der Waals surface area contributed by atoms with Crippen molar-refractivity contribution < 1.29 is 4.79 Å². The first-order valence-electron chi connectivity index (χ1n) is 11.3. The predicted octanol–water partition coefficient (Wildman–Crippen LogP) is 5.53. The highest BCUT2D eigenvalue weighted by Gasteiger charge is 2.22. The highest BCUT2D eigenvalue weighted by atomic mass is 16.1. The van der Waals surface area contributed by atoms with Crippen molar-refractivity contribution in [2.75, 3.05) is 18.0 Å². The van der Waals surface area contributed by atoms with Gasteiger partial charge in [0.15, 0.2) is 0 Å². The summed E-state index contributed by atoms with van der Waals surface area (Å²) in [5.41, 5.74) is 9.47. The lowest BCUT2D eigenvalue weighted by atomic mass is 9.88.